The first-order valence-corrected chi connectivity index (χ1v) is 5.58. The summed E-state index contributed by atoms with van der Waals surface area (Å²) >= 11 is 0. The summed E-state index contributed by atoms with van der Waals surface area (Å²) in [4.78, 5) is 39.2. The first kappa shape index (κ1) is 12.9. The molecule has 1 aromatic heterocycles. The number of aromatic amines is 2. The number of nitrogens with one attached hydrogen (secondary N) is 3. The van der Waals surface area contributed by atoms with Crippen molar-refractivity contribution in [1.29, 1.82) is 0 Å². The Bertz CT molecular complexity index is 686. The molecule has 7 heteroatoms. The Hall–Kier alpha value is -2.57. The summed E-state index contributed by atoms with van der Waals surface area (Å²) in [5, 5.41) is 2.50. The Balaban J connectivity index is 2.45. The molecule has 1 unspecified atom stereocenters. The Morgan fingerprint density at radius 1 is 1.26 bits per heavy atom. The summed E-state index contributed by atoms with van der Waals surface area (Å²) in [6.45, 7) is 1.31. The molecule has 100 valence electrons. The van der Waals surface area contributed by atoms with Gasteiger partial charge in [0.1, 0.15) is 0 Å². The van der Waals surface area contributed by atoms with Gasteiger partial charge in [0.15, 0.2) is 6.04 Å². The summed E-state index contributed by atoms with van der Waals surface area (Å²) in [6, 6.07) is 4.01. The van der Waals surface area contributed by atoms with Crippen LogP contribution in [0.15, 0.2) is 23.0 Å². The van der Waals surface area contributed by atoms with Gasteiger partial charge in [-0.2, -0.15) is 0 Å². The Labute approximate surface area is 108 Å². The first-order valence-electron chi connectivity index (χ1n) is 5.58. The van der Waals surface area contributed by atoms with Crippen LogP contribution in [0.5, 0.6) is 0 Å². The highest BCUT2D eigenvalue weighted by molar-refractivity contribution is 5.86. The zero-order chi connectivity index (χ0) is 14.0. The molecule has 1 atom stereocenters. The lowest BCUT2D eigenvalue weighted by Gasteiger charge is -2.15. The molecule has 0 saturated carbocycles. The number of H-pyrrole nitrogens is 2. The molecular weight excluding hydrogens is 250 g/mol. The first-order chi connectivity index (χ1) is 9.01. The van der Waals surface area contributed by atoms with E-state index in [1.54, 1.807) is 18.2 Å². The van der Waals surface area contributed by atoms with Crippen LogP contribution in [0.1, 0.15) is 18.5 Å². The minimum Gasteiger partial charge on any atom is -0.467 e. The van der Waals surface area contributed by atoms with E-state index in [2.05, 4.69) is 20.0 Å². The number of rotatable bonds is 3. The van der Waals surface area contributed by atoms with Gasteiger partial charge in [0.05, 0.1) is 18.1 Å². The predicted molar refractivity (Wildman–Crippen MR) is 67.5 cm³/mol. The number of methoxy groups -OCH3 is 1. The van der Waals surface area contributed by atoms with Crippen LogP contribution < -0.4 is 11.0 Å². The second kappa shape index (κ2) is 4.97. The van der Waals surface area contributed by atoms with Gasteiger partial charge >= 0.3 is 11.7 Å². The van der Waals surface area contributed by atoms with Crippen molar-refractivity contribution in [3.8, 4) is 0 Å². The maximum absolute atomic E-state index is 11.7. The van der Waals surface area contributed by atoms with Crippen LogP contribution in [0.3, 0.4) is 0 Å². The van der Waals surface area contributed by atoms with Crippen LogP contribution >= 0.6 is 0 Å². The fourth-order valence-electron chi connectivity index (χ4n) is 1.83. The molecule has 3 N–H and O–H groups in total. The summed E-state index contributed by atoms with van der Waals surface area (Å²) < 4.78 is 4.65. The van der Waals surface area contributed by atoms with E-state index in [4.69, 9.17) is 0 Å². The van der Waals surface area contributed by atoms with Crippen molar-refractivity contribution in [2.75, 3.05) is 7.11 Å². The fraction of sp³-hybridized carbons (Fsp3) is 0.250. The molecule has 0 aliphatic carbocycles. The van der Waals surface area contributed by atoms with E-state index in [0.717, 1.165) is 0 Å². The van der Waals surface area contributed by atoms with Crippen molar-refractivity contribution >= 4 is 22.9 Å². The van der Waals surface area contributed by atoms with Crippen molar-refractivity contribution in [3.05, 3.63) is 34.2 Å². The highest BCUT2D eigenvalue weighted by atomic mass is 16.5. The molecule has 0 saturated heterocycles. The lowest BCUT2D eigenvalue weighted by Crippen LogP contribution is -2.32. The normalized spacial score (nSPS) is 12.1. The van der Waals surface area contributed by atoms with E-state index in [1.807, 2.05) is 0 Å². The Morgan fingerprint density at radius 3 is 2.58 bits per heavy atom. The number of carbonyl (C=O) groups is 2. The van der Waals surface area contributed by atoms with Gasteiger partial charge in [-0.3, -0.25) is 4.79 Å². The molecule has 7 nitrogen and oxygen atoms in total. The van der Waals surface area contributed by atoms with E-state index < -0.39 is 12.0 Å². The van der Waals surface area contributed by atoms with Gasteiger partial charge in [-0.25, -0.2) is 9.59 Å². The minimum absolute atomic E-state index is 0.332. The van der Waals surface area contributed by atoms with Gasteiger partial charge < -0.3 is 20.0 Å². The highest BCUT2D eigenvalue weighted by Crippen LogP contribution is 2.18. The van der Waals surface area contributed by atoms with E-state index in [9.17, 15) is 14.4 Å². The van der Waals surface area contributed by atoms with E-state index in [1.165, 1.54) is 14.0 Å². The lowest BCUT2D eigenvalue weighted by atomic mass is 10.1. The number of hydrogen-bond acceptors (Lipinski definition) is 4. The molecule has 19 heavy (non-hydrogen) atoms. The Morgan fingerprint density at radius 2 is 1.95 bits per heavy atom. The standard InChI is InChI=1S/C12H13N3O4/c1-6(16)13-10(11(17)19-2)7-3-4-8-9(5-7)15-12(18)14-8/h3-5,10H,1-2H3,(H,13,16)(H2,14,15,18). The fourth-order valence-corrected chi connectivity index (χ4v) is 1.83. The van der Waals surface area contributed by atoms with Crippen molar-refractivity contribution < 1.29 is 14.3 Å². The van der Waals surface area contributed by atoms with Crippen LogP contribution in [0, 0.1) is 0 Å². The monoisotopic (exact) mass is 263 g/mol. The molecular formula is C12H13N3O4. The summed E-state index contributed by atoms with van der Waals surface area (Å²) in [5.74, 6) is -0.925. The molecule has 0 radical (unpaired) electrons. The van der Waals surface area contributed by atoms with Gasteiger partial charge in [-0.15, -0.1) is 0 Å². The van der Waals surface area contributed by atoms with Crippen LogP contribution in [0.25, 0.3) is 11.0 Å². The third-order valence-corrected chi connectivity index (χ3v) is 2.66. The van der Waals surface area contributed by atoms with Crippen molar-refractivity contribution in [3.63, 3.8) is 0 Å². The van der Waals surface area contributed by atoms with E-state index in [0.29, 0.717) is 16.6 Å². The zero-order valence-electron chi connectivity index (χ0n) is 10.4. The molecule has 2 rings (SSSR count). The van der Waals surface area contributed by atoms with Gasteiger partial charge in [-0.1, -0.05) is 6.07 Å². The van der Waals surface area contributed by atoms with Crippen LogP contribution in [-0.4, -0.2) is 29.0 Å². The third-order valence-electron chi connectivity index (χ3n) is 2.66. The number of benzene rings is 1. The maximum atomic E-state index is 11.7. The third kappa shape index (κ3) is 2.65. The number of aromatic nitrogens is 2. The van der Waals surface area contributed by atoms with Crippen LogP contribution in [0.2, 0.25) is 0 Å². The van der Waals surface area contributed by atoms with Crippen LogP contribution in [0.4, 0.5) is 0 Å². The maximum Gasteiger partial charge on any atom is 0.333 e. The summed E-state index contributed by atoms with van der Waals surface area (Å²) in [5.41, 5.74) is 1.38. The zero-order valence-corrected chi connectivity index (χ0v) is 10.4. The average Bonchev–Trinajstić information content (AvgIpc) is 2.73. The molecule has 2 aromatic rings. The van der Waals surface area contributed by atoms with Gasteiger partial charge in [0, 0.05) is 6.92 Å². The second-order valence-electron chi connectivity index (χ2n) is 4.04. The van der Waals surface area contributed by atoms with Gasteiger partial charge in [0.2, 0.25) is 5.91 Å². The molecule has 1 amide bonds. The number of hydrogen-bond donors (Lipinski definition) is 3. The quantitative estimate of drug-likeness (QED) is 0.688. The molecule has 0 spiro atoms. The second-order valence-corrected chi connectivity index (χ2v) is 4.04. The molecule has 0 fully saturated rings. The lowest BCUT2D eigenvalue weighted by molar-refractivity contribution is -0.145. The van der Waals surface area contributed by atoms with Crippen LogP contribution in [-0.2, 0) is 14.3 Å². The average molecular weight is 263 g/mol. The molecule has 0 aliphatic rings. The molecule has 1 heterocycles. The van der Waals surface area contributed by atoms with Crippen molar-refractivity contribution in [2.24, 2.45) is 0 Å². The highest BCUT2D eigenvalue weighted by Gasteiger charge is 2.22. The molecule has 1 aromatic carbocycles. The summed E-state index contributed by atoms with van der Waals surface area (Å²) in [6.07, 6.45) is 0. The molecule has 0 bridgehead atoms. The Kier molecular flexibility index (Phi) is 3.37. The van der Waals surface area contributed by atoms with E-state index >= 15 is 0 Å². The number of ether oxygens (including phenoxy) is 1. The van der Waals surface area contributed by atoms with Gasteiger partial charge in [0.25, 0.3) is 0 Å². The summed E-state index contributed by atoms with van der Waals surface area (Å²) in [7, 11) is 1.24. The number of imidazole rings is 1. The predicted octanol–water partition coefficient (Wildman–Crippen LogP) is 0.206. The van der Waals surface area contributed by atoms with Crippen molar-refractivity contribution in [2.45, 2.75) is 13.0 Å². The number of fused-ring (bicyclic) bond motifs is 1. The topological polar surface area (TPSA) is 104 Å². The smallest absolute Gasteiger partial charge is 0.333 e. The number of esters is 1. The molecule has 0 aliphatic heterocycles. The number of amides is 1. The SMILES string of the molecule is COC(=O)C(NC(C)=O)c1ccc2[nH]c(=O)[nH]c2c1. The van der Waals surface area contributed by atoms with Gasteiger partial charge in [-0.05, 0) is 17.7 Å². The van der Waals surface area contributed by atoms with E-state index in [-0.39, 0.29) is 11.6 Å². The minimum atomic E-state index is -0.898. The number of carbonyl (C=O) groups excluding carboxylic acids is 2. The largest absolute Gasteiger partial charge is 0.467 e. The van der Waals surface area contributed by atoms with Crippen molar-refractivity contribution in [1.82, 2.24) is 15.3 Å².